The smallest absolute Gasteiger partial charge is 0.144 e. The van der Waals surface area contributed by atoms with E-state index in [4.69, 9.17) is 17.3 Å². The molecule has 0 amide bonds. The van der Waals surface area contributed by atoms with Crippen molar-refractivity contribution in [1.29, 1.82) is 0 Å². The van der Waals surface area contributed by atoms with Crippen molar-refractivity contribution in [3.05, 3.63) is 68.9 Å². The summed E-state index contributed by atoms with van der Waals surface area (Å²) in [4.78, 5) is 0. The van der Waals surface area contributed by atoms with Crippen molar-refractivity contribution in [3.63, 3.8) is 0 Å². The molecule has 0 aromatic heterocycles. The number of rotatable bonds is 4. The standard InChI is InChI=1S/C15H14BrClFN/c16-13-5-1-3-10(8-13)12(9-19)7-11-4-2-6-14(17)15(11)18/h1-6,8,12H,7,9,19H2. The van der Waals surface area contributed by atoms with Crippen LogP contribution in [0.15, 0.2) is 46.9 Å². The SMILES string of the molecule is NCC(Cc1cccc(Cl)c1F)c1cccc(Br)c1. The molecule has 1 unspecified atom stereocenters. The van der Waals surface area contributed by atoms with Crippen molar-refractivity contribution in [2.45, 2.75) is 12.3 Å². The first-order valence-corrected chi connectivity index (χ1v) is 7.17. The topological polar surface area (TPSA) is 26.0 Å². The van der Waals surface area contributed by atoms with E-state index >= 15 is 0 Å². The predicted molar refractivity (Wildman–Crippen MR) is 81.1 cm³/mol. The van der Waals surface area contributed by atoms with Crippen LogP contribution in [-0.2, 0) is 6.42 Å². The van der Waals surface area contributed by atoms with Crippen LogP contribution in [0.25, 0.3) is 0 Å². The molecule has 0 heterocycles. The second kappa shape index (κ2) is 6.51. The Labute approximate surface area is 125 Å². The quantitative estimate of drug-likeness (QED) is 0.868. The molecule has 0 bridgehead atoms. The molecule has 2 rings (SSSR count). The van der Waals surface area contributed by atoms with Gasteiger partial charge in [0.15, 0.2) is 0 Å². The van der Waals surface area contributed by atoms with Crippen molar-refractivity contribution in [1.82, 2.24) is 0 Å². The first-order chi connectivity index (χ1) is 9.11. The zero-order chi connectivity index (χ0) is 13.8. The number of hydrogen-bond acceptors (Lipinski definition) is 1. The summed E-state index contributed by atoms with van der Waals surface area (Å²) >= 11 is 9.23. The molecule has 2 aromatic rings. The van der Waals surface area contributed by atoms with E-state index in [0.717, 1.165) is 10.0 Å². The van der Waals surface area contributed by atoms with E-state index < -0.39 is 0 Å². The third-order valence-corrected chi connectivity index (χ3v) is 3.89. The van der Waals surface area contributed by atoms with Crippen LogP contribution < -0.4 is 5.73 Å². The molecule has 100 valence electrons. The Balaban J connectivity index is 2.26. The Bertz CT molecular complexity index is 574. The van der Waals surface area contributed by atoms with Gasteiger partial charge in [0.1, 0.15) is 5.82 Å². The van der Waals surface area contributed by atoms with Gasteiger partial charge in [0.25, 0.3) is 0 Å². The van der Waals surface area contributed by atoms with E-state index in [-0.39, 0.29) is 16.8 Å². The van der Waals surface area contributed by atoms with Gasteiger partial charge in [-0.3, -0.25) is 0 Å². The van der Waals surface area contributed by atoms with Crippen LogP contribution in [0.4, 0.5) is 4.39 Å². The molecule has 0 aliphatic heterocycles. The normalized spacial score (nSPS) is 12.4. The van der Waals surface area contributed by atoms with E-state index in [1.807, 2.05) is 24.3 Å². The summed E-state index contributed by atoms with van der Waals surface area (Å²) < 4.78 is 14.9. The van der Waals surface area contributed by atoms with Gasteiger partial charge in [0, 0.05) is 10.4 Å². The van der Waals surface area contributed by atoms with Crippen molar-refractivity contribution in [3.8, 4) is 0 Å². The average molecular weight is 343 g/mol. The summed E-state index contributed by atoms with van der Waals surface area (Å²) in [6, 6.07) is 13.0. The van der Waals surface area contributed by atoms with Gasteiger partial charge < -0.3 is 5.73 Å². The van der Waals surface area contributed by atoms with Crippen molar-refractivity contribution < 1.29 is 4.39 Å². The van der Waals surface area contributed by atoms with Gasteiger partial charge in [-0.1, -0.05) is 51.8 Å². The van der Waals surface area contributed by atoms with Crippen molar-refractivity contribution in [2.24, 2.45) is 5.73 Å². The zero-order valence-corrected chi connectivity index (χ0v) is 12.6. The van der Waals surface area contributed by atoms with Gasteiger partial charge in [0.2, 0.25) is 0 Å². The van der Waals surface area contributed by atoms with Crippen LogP contribution >= 0.6 is 27.5 Å². The minimum atomic E-state index is -0.349. The fourth-order valence-electron chi connectivity index (χ4n) is 2.07. The highest BCUT2D eigenvalue weighted by Gasteiger charge is 2.14. The predicted octanol–water partition coefficient (Wildman–Crippen LogP) is 4.53. The lowest BCUT2D eigenvalue weighted by Gasteiger charge is -2.16. The Morgan fingerprint density at radius 3 is 2.63 bits per heavy atom. The fraction of sp³-hybridized carbons (Fsp3) is 0.200. The third-order valence-electron chi connectivity index (χ3n) is 3.10. The second-order valence-electron chi connectivity index (χ2n) is 4.40. The molecule has 2 aromatic carbocycles. The van der Waals surface area contributed by atoms with Crippen LogP contribution in [-0.4, -0.2) is 6.54 Å². The van der Waals surface area contributed by atoms with Crippen LogP contribution in [0.1, 0.15) is 17.0 Å². The number of halogens is 3. The first kappa shape index (κ1) is 14.5. The summed E-state index contributed by atoms with van der Waals surface area (Å²) in [5.74, 6) is -0.275. The number of benzene rings is 2. The molecule has 1 nitrogen and oxygen atoms in total. The summed E-state index contributed by atoms with van der Waals surface area (Å²) in [7, 11) is 0. The molecular weight excluding hydrogens is 329 g/mol. The van der Waals surface area contributed by atoms with E-state index in [0.29, 0.717) is 18.5 Å². The van der Waals surface area contributed by atoms with Gasteiger partial charge >= 0.3 is 0 Å². The van der Waals surface area contributed by atoms with Crippen molar-refractivity contribution >= 4 is 27.5 Å². The molecule has 1 atom stereocenters. The molecule has 2 N–H and O–H groups in total. The zero-order valence-electron chi connectivity index (χ0n) is 10.2. The molecule has 0 aliphatic carbocycles. The number of nitrogens with two attached hydrogens (primary N) is 1. The minimum absolute atomic E-state index is 0.0745. The highest BCUT2D eigenvalue weighted by atomic mass is 79.9. The van der Waals surface area contributed by atoms with Gasteiger partial charge in [0.05, 0.1) is 5.02 Å². The number of hydrogen-bond donors (Lipinski definition) is 1. The third kappa shape index (κ3) is 3.56. The maximum atomic E-state index is 13.9. The first-order valence-electron chi connectivity index (χ1n) is 6.00. The molecule has 0 saturated heterocycles. The van der Waals surface area contributed by atoms with Crippen LogP contribution in [0.5, 0.6) is 0 Å². The monoisotopic (exact) mass is 341 g/mol. The minimum Gasteiger partial charge on any atom is -0.330 e. The Kier molecular flexibility index (Phi) is 4.97. The summed E-state index contributed by atoms with van der Waals surface area (Å²) in [6.07, 6.45) is 0.541. The molecule has 0 fully saturated rings. The highest BCUT2D eigenvalue weighted by molar-refractivity contribution is 9.10. The van der Waals surface area contributed by atoms with E-state index in [9.17, 15) is 4.39 Å². The van der Waals surface area contributed by atoms with Gasteiger partial charge in [-0.25, -0.2) is 4.39 Å². The largest absolute Gasteiger partial charge is 0.330 e. The second-order valence-corrected chi connectivity index (χ2v) is 5.73. The van der Waals surface area contributed by atoms with Crippen LogP contribution in [0.2, 0.25) is 5.02 Å². The van der Waals surface area contributed by atoms with Gasteiger partial charge in [-0.2, -0.15) is 0 Å². The molecule has 0 spiro atoms. The van der Waals surface area contributed by atoms with E-state index in [1.165, 1.54) is 0 Å². The Morgan fingerprint density at radius 1 is 1.21 bits per heavy atom. The molecule has 0 saturated carbocycles. The van der Waals surface area contributed by atoms with Gasteiger partial charge in [-0.05, 0) is 42.3 Å². The highest BCUT2D eigenvalue weighted by Crippen LogP contribution is 2.26. The lowest BCUT2D eigenvalue weighted by atomic mass is 9.92. The Hall–Kier alpha value is -0.900. The Morgan fingerprint density at radius 2 is 1.95 bits per heavy atom. The van der Waals surface area contributed by atoms with Crippen LogP contribution in [0.3, 0.4) is 0 Å². The lowest BCUT2D eigenvalue weighted by molar-refractivity contribution is 0.590. The van der Waals surface area contributed by atoms with Gasteiger partial charge in [-0.15, -0.1) is 0 Å². The summed E-state index contributed by atoms with van der Waals surface area (Å²) in [5, 5.41) is 0.155. The maximum Gasteiger partial charge on any atom is 0.144 e. The van der Waals surface area contributed by atoms with Crippen molar-refractivity contribution in [2.75, 3.05) is 6.54 Å². The molecule has 19 heavy (non-hydrogen) atoms. The summed E-state index contributed by atoms with van der Waals surface area (Å²) in [6.45, 7) is 0.461. The molecule has 0 aliphatic rings. The van der Waals surface area contributed by atoms with E-state index in [2.05, 4.69) is 15.9 Å². The van der Waals surface area contributed by atoms with E-state index in [1.54, 1.807) is 18.2 Å². The molecule has 0 radical (unpaired) electrons. The fourth-order valence-corrected chi connectivity index (χ4v) is 2.68. The maximum absolute atomic E-state index is 13.9. The lowest BCUT2D eigenvalue weighted by Crippen LogP contribution is -2.15. The summed E-state index contributed by atoms with van der Waals surface area (Å²) in [5.41, 5.74) is 7.51. The molecular formula is C15H14BrClFN. The van der Waals surface area contributed by atoms with Crippen LogP contribution in [0, 0.1) is 5.82 Å². The average Bonchev–Trinajstić information content (AvgIpc) is 2.40. The molecule has 4 heteroatoms.